The zero-order valence-corrected chi connectivity index (χ0v) is 12.1. The first kappa shape index (κ1) is 18.9. The Labute approximate surface area is 130 Å². The maximum Gasteiger partial charge on any atom is 0.192 e. The zero-order valence-electron chi connectivity index (χ0n) is 12.1. The van der Waals surface area contributed by atoms with Crippen molar-refractivity contribution in [2.24, 2.45) is 5.73 Å². The summed E-state index contributed by atoms with van der Waals surface area (Å²) >= 11 is 0. The van der Waals surface area contributed by atoms with Gasteiger partial charge in [0.15, 0.2) is 18.8 Å². The van der Waals surface area contributed by atoms with Gasteiger partial charge in [-0.25, -0.2) is 4.39 Å². The smallest absolute Gasteiger partial charge is 0.192 e. The normalized spacial score (nSPS) is 51.7. The van der Waals surface area contributed by atoms with Crippen LogP contribution < -0.4 is 5.73 Å². The fourth-order valence-electron chi connectivity index (χ4n) is 2.48. The van der Waals surface area contributed by atoms with Crippen LogP contribution in [0.15, 0.2) is 0 Å². The summed E-state index contributed by atoms with van der Waals surface area (Å²) in [6.07, 6.45) is -16.0. The Balaban J connectivity index is 1.94. The van der Waals surface area contributed by atoms with Gasteiger partial charge in [0.25, 0.3) is 0 Å². The summed E-state index contributed by atoms with van der Waals surface area (Å²) in [6.45, 7) is -0.690. The van der Waals surface area contributed by atoms with Crippen molar-refractivity contribution in [3.05, 3.63) is 0 Å². The minimum absolute atomic E-state index is 0.184. The minimum atomic E-state index is -2.08. The largest absolute Gasteiger partial charge is 0.388 e. The molecule has 2 fully saturated rings. The van der Waals surface area contributed by atoms with Crippen LogP contribution in [0.3, 0.4) is 0 Å². The quantitative estimate of drug-likeness (QED) is 0.264. The molecule has 2 heterocycles. The Morgan fingerprint density at radius 1 is 0.826 bits per heavy atom. The molecule has 0 radical (unpaired) electrons. The lowest BCUT2D eigenvalue weighted by atomic mass is 9.99. The second-order valence-electron chi connectivity index (χ2n) is 5.57. The Morgan fingerprint density at radius 3 is 2.04 bits per heavy atom. The van der Waals surface area contributed by atoms with Crippen LogP contribution in [0.2, 0.25) is 0 Å². The van der Waals surface area contributed by atoms with Crippen LogP contribution in [-0.4, -0.2) is 105 Å². The Hall–Kier alpha value is -0.470. The number of ether oxygens (including phenoxy) is 3. The van der Waals surface area contributed by atoms with Crippen molar-refractivity contribution in [3.63, 3.8) is 0 Å². The molecule has 11 heteroatoms. The highest BCUT2D eigenvalue weighted by molar-refractivity contribution is 4.91. The van der Waals surface area contributed by atoms with Gasteiger partial charge < -0.3 is 50.6 Å². The summed E-state index contributed by atoms with van der Waals surface area (Å²) in [5, 5.41) is 57.2. The number of nitrogens with two attached hydrogens (primary N) is 1. The van der Waals surface area contributed by atoms with Crippen molar-refractivity contribution in [3.8, 4) is 0 Å². The third-order valence-electron chi connectivity index (χ3n) is 3.97. The molecule has 0 spiro atoms. The second kappa shape index (κ2) is 7.61. The van der Waals surface area contributed by atoms with Gasteiger partial charge in [-0.05, 0) is 0 Å². The Bertz CT molecular complexity index is 390. The number of aliphatic hydroxyl groups excluding tert-OH is 6. The van der Waals surface area contributed by atoms with Crippen molar-refractivity contribution in [1.29, 1.82) is 0 Å². The lowest BCUT2D eigenvalue weighted by Crippen LogP contribution is -2.61. The van der Waals surface area contributed by atoms with Gasteiger partial charge in [-0.2, -0.15) is 0 Å². The molecule has 0 aromatic carbocycles. The highest BCUT2D eigenvalue weighted by atomic mass is 19.1. The first-order valence-electron chi connectivity index (χ1n) is 7.13. The van der Waals surface area contributed by atoms with Crippen LogP contribution in [0.1, 0.15) is 0 Å². The molecule has 0 aliphatic carbocycles. The predicted molar refractivity (Wildman–Crippen MR) is 69.5 cm³/mol. The molecule has 2 aliphatic rings. The van der Waals surface area contributed by atoms with E-state index >= 15 is 0 Å². The van der Waals surface area contributed by atoms with Gasteiger partial charge in [-0.1, -0.05) is 0 Å². The summed E-state index contributed by atoms with van der Waals surface area (Å²) in [5.41, 5.74) is 5.34. The van der Waals surface area contributed by atoms with Crippen molar-refractivity contribution in [1.82, 2.24) is 0 Å². The number of rotatable bonds is 4. The van der Waals surface area contributed by atoms with Gasteiger partial charge in [-0.3, -0.25) is 0 Å². The molecule has 0 bridgehead atoms. The van der Waals surface area contributed by atoms with E-state index in [9.17, 15) is 35.0 Å². The van der Waals surface area contributed by atoms with Crippen LogP contribution in [-0.2, 0) is 14.2 Å². The fourth-order valence-corrected chi connectivity index (χ4v) is 2.48. The number of aliphatic hydroxyl groups is 6. The number of halogens is 1. The van der Waals surface area contributed by atoms with E-state index in [0.29, 0.717) is 0 Å². The van der Waals surface area contributed by atoms with Gasteiger partial charge in [0.05, 0.1) is 6.61 Å². The Morgan fingerprint density at radius 2 is 1.43 bits per heavy atom. The highest BCUT2D eigenvalue weighted by Crippen LogP contribution is 2.26. The topological polar surface area (TPSA) is 175 Å². The first-order valence-corrected chi connectivity index (χ1v) is 7.13. The van der Waals surface area contributed by atoms with Crippen molar-refractivity contribution < 1.29 is 49.2 Å². The summed E-state index contributed by atoms with van der Waals surface area (Å²) in [7, 11) is 0. The molecule has 0 aromatic heterocycles. The Kier molecular flexibility index (Phi) is 6.24. The third kappa shape index (κ3) is 3.79. The number of alkyl halides is 1. The van der Waals surface area contributed by atoms with Gasteiger partial charge >= 0.3 is 0 Å². The van der Waals surface area contributed by atoms with E-state index in [0.717, 1.165) is 0 Å². The zero-order chi connectivity index (χ0) is 17.3. The summed E-state index contributed by atoms with van der Waals surface area (Å²) in [5.74, 6) is 0. The molecule has 8 N–H and O–H groups in total. The van der Waals surface area contributed by atoms with Gasteiger partial charge in [0, 0.05) is 6.54 Å². The SMILES string of the molecule is NC[C@H]1O[C@H](OC[C@H]2O[C@H](O)[C@@H](O)[C@@H](O)[C@@H]2O)[C@@H](F)[C@@H](O)[C@@H]1O. The summed E-state index contributed by atoms with van der Waals surface area (Å²) < 4.78 is 29.0. The molecule has 2 rings (SSSR count). The first-order chi connectivity index (χ1) is 10.8. The molecule has 2 saturated heterocycles. The van der Waals surface area contributed by atoms with Crippen LogP contribution in [0.4, 0.5) is 4.39 Å². The minimum Gasteiger partial charge on any atom is -0.388 e. The van der Waals surface area contributed by atoms with E-state index in [1.165, 1.54) is 0 Å². The average molecular weight is 343 g/mol. The van der Waals surface area contributed by atoms with Crippen molar-refractivity contribution >= 4 is 0 Å². The van der Waals surface area contributed by atoms with E-state index in [1.54, 1.807) is 0 Å². The van der Waals surface area contributed by atoms with Gasteiger partial charge in [0.1, 0.15) is 42.7 Å². The van der Waals surface area contributed by atoms with Crippen LogP contribution in [0, 0.1) is 0 Å². The molecule has 10 nitrogen and oxygen atoms in total. The molecule has 0 saturated carbocycles. The lowest BCUT2D eigenvalue weighted by Gasteiger charge is -2.41. The predicted octanol–water partition coefficient (Wildman–Crippen LogP) is -4.45. The van der Waals surface area contributed by atoms with E-state index in [1.807, 2.05) is 0 Å². The van der Waals surface area contributed by atoms with Gasteiger partial charge in [0.2, 0.25) is 0 Å². The van der Waals surface area contributed by atoms with Crippen LogP contribution in [0.25, 0.3) is 0 Å². The molecule has 10 atom stereocenters. The fraction of sp³-hybridized carbons (Fsp3) is 1.00. The molecule has 0 aromatic rings. The molecule has 0 unspecified atom stereocenters. The maximum atomic E-state index is 13.9. The van der Waals surface area contributed by atoms with Gasteiger partial charge in [-0.15, -0.1) is 0 Å². The number of hydrogen-bond acceptors (Lipinski definition) is 10. The van der Waals surface area contributed by atoms with E-state index < -0.39 is 68.1 Å². The molecule has 136 valence electrons. The van der Waals surface area contributed by atoms with Crippen molar-refractivity contribution in [2.75, 3.05) is 13.2 Å². The van der Waals surface area contributed by atoms with Crippen LogP contribution in [0.5, 0.6) is 0 Å². The monoisotopic (exact) mass is 343 g/mol. The summed E-state index contributed by atoms with van der Waals surface area (Å²) in [4.78, 5) is 0. The van der Waals surface area contributed by atoms with E-state index in [-0.39, 0.29) is 6.54 Å². The molecular formula is C12H22FNO9. The summed E-state index contributed by atoms with van der Waals surface area (Å²) in [6, 6.07) is 0. The van der Waals surface area contributed by atoms with Crippen molar-refractivity contribution in [2.45, 2.75) is 61.5 Å². The standard InChI is InChI=1S/C12H22FNO9/c13-5-8(17)6(15)3(1-14)23-12(5)21-2-4-7(16)9(18)10(19)11(20)22-4/h3-12,15-20H,1-2,14H2/t3-,4-,5+,6-,7-,8-,9+,10+,11+,12+/m1/s1. The third-order valence-corrected chi connectivity index (χ3v) is 3.97. The molecule has 2 aliphatic heterocycles. The highest BCUT2D eigenvalue weighted by Gasteiger charge is 2.47. The van der Waals surface area contributed by atoms with Crippen LogP contribution >= 0.6 is 0 Å². The average Bonchev–Trinajstić information content (AvgIpc) is 2.54. The second-order valence-corrected chi connectivity index (χ2v) is 5.57. The molecule has 0 amide bonds. The van der Waals surface area contributed by atoms with E-state index in [4.69, 9.17) is 19.9 Å². The molecular weight excluding hydrogens is 321 g/mol. The number of hydrogen-bond donors (Lipinski definition) is 7. The lowest BCUT2D eigenvalue weighted by molar-refractivity contribution is -0.315. The molecule has 23 heavy (non-hydrogen) atoms. The maximum absolute atomic E-state index is 13.9. The van der Waals surface area contributed by atoms with E-state index in [2.05, 4.69) is 0 Å².